The number of rotatable bonds is 3. The van der Waals surface area contributed by atoms with Gasteiger partial charge < -0.3 is 9.64 Å². The second kappa shape index (κ2) is 5.49. The minimum atomic E-state index is 0.0980. The van der Waals surface area contributed by atoms with Crippen LogP contribution in [0.5, 0.6) is 11.8 Å². The average Bonchev–Trinajstić information content (AvgIpc) is 2.31. The van der Waals surface area contributed by atoms with Crippen LogP contribution in [0.15, 0.2) is 28.7 Å². The molecule has 94 valence electrons. The van der Waals surface area contributed by atoms with E-state index in [2.05, 4.69) is 30.9 Å². The Bertz CT molecular complexity index is 547. The standard InChI is InChI=1S/C11H10BrClN4O/c1-17(2)10-14-9(13)15-11(16-10)18-8-5-3-7(12)4-6-8/h3-6H,1-2H3. The second-order valence-corrected chi connectivity index (χ2v) is 4.89. The molecule has 0 aliphatic rings. The molecule has 1 heterocycles. The number of benzene rings is 1. The molecule has 0 aliphatic heterocycles. The molecule has 2 aromatic rings. The fourth-order valence-electron chi connectivity index (χ4n) is 1.18. The zero-order chi connectivity index (χ0) is 13.1. The number of hydrogen-bond acceptors (Lipinski definition) is 5. The molecule has 0 amide bonds. The Morgan fingerprint density at radius 1 is 1.11 bits per heavy atom. The molecule has 5 nitrogen and oxygen atoms in total. The first-order valence-corrected chi connectivity index (χ1v) is 6.24. The topological polar surface area (TPSA) is 51.1 Å². The minimum Gasteiger partial charge on any atom is -0.424 e. The minimum absolute atomic E-state index is 0.0980. The SMILES string of the molecule is CN(C)c1nc(Cl)nc(Oc2ccc(Br)cc2)n1. The Morgan fingerprint density at radius 2 is 1.78 bits per heavy atom. The lowest BCUT2D eigenvalue weighted by Crippen LogP contribution is -2.13. The van der Waals surface area contributed by atoms with Crippen LogP contribution in [0.3, 0.4) is 0 Å². The van der Waals surface area contributed by atoms with Crippen LogP contribution in [0.1, 0.15) is 0 Å². The largest absolute Gasteiger partial charge is 0.424 e. The quantitative estimate of drug-likeness (QED) is 0.866. The van der Waals surface area contributed by atoms with Crippen molar-refractivity contribution in [3.8, 4) is 11.8 Å². The van der Waals surface area contributed by atoms with Crippen molar-refractivity contribution in [2.45, 2.75) is 0 Å². The van der Waals surface area contributed by atoms with Gasteiger partial charge in [0.25, 0.3) is 0 Å². The maximum atomic E-state index is 5.81. The summed E-state index contributed by atoms with van der Waals surface area (Å²) in [7, 11) is 3.63. The van der Waals surface area contributed by atoms with Gasteiger partial charge in [0.1, 0.15) is 5.75 Å². The van der Waals surface area contributed by atoms with E-state index in [-0.39, 0.29) is 11.3 Å². The first-order chi connectivity index (χ1) is 8.54. The van der Waals surface area contributed by atoms with Crippen molar-refractivity contribution < 1.29 is 4.74 Å². The number of halogens is 2. The maximum absolute atomic E-state index is 5.81. The normalized spacial score (nSPS) is 10.2. The van der Waals surface area contributed by atoms with E-state index >= 15 is 0 Å². The second-order valence-electron chi connectivity index (χ2n) is 3.64. The van der Waals surface area contributed by atoms with Crippen LogP contribution in [-0.2, 0) is 0 Å². The summed E-state index contributed by atoms with van der Waals surface area (Å²) >= 11 is 9.16. The highest BCUT2D eigenvalue weighted by Gasteiger charge is 2.08. The van der Waals surface area contributed by atoms with Gasteiger partial charge in [-0.2, -0.15) is 15.0 Å². The fraction of sp³-hybridized carbons (Fsp3) is 0.182. The number of nitrogens with zero attached hydrogens (tertiary/aromatic N) is 4. The molecular weight excluding hydrogens is 320 g/mol. The van der Waals surface area contributed by atoms with E-state index in [1.807, 2.05) is 26.2 Å². The number of aromatic nitrogens is 3. The highest BCUT2D eigenvalue weighted by molar-refractivity contribution is 9.10. The van der Waals surface area contributed by atoms with Gasteiger partial charge in [0.2, 0.25) is 11.2 Å². The van der Waals surface area contributed by atoms with Gasteiger partial charge in [-0.05, 0) is 35.9 Å². The summed E-state index contributed by atoms with van der Waals surface area (Å²) in [6.45, 7) is 0. The van der Waals surface area contributed by atoms with Crippen LogP contribution in [0.2, 0.25) is 5.28 Å². The summed E-state index contributed by atoms with van der Waals surface area (Å²) in [4.78, 5) is 13.7. The van der Waals surface area contributed by atoms with Gasteiger partial charge in [-0.1, -0.05) is 15.9 Å². The lowest BCUT2D eigenvalue weighted by Gasteiger charge is -2.11. The van der Waals surface area contributed by atoms with Crippen molar-refractivity contribution in [2.24, 2.45) is 0 Å². The van der Waals surface area contributed by atoms with E-state index < -0.39 is 0 Å². The summed E-state index contributed by atoms with van der Waals surface area (Å²) in [6, 6.07) is 7.51. The van der Waals surface area contributed by atoms with E-state index in [1.54, 1.807) is 17.0 Å². The third-order valence-corrected chi connectivity index (χ3v) is 2.70. The maximum Gasteiger partial charge on any atom is 0.328 e. The molecule has 0 N–H and O–H groups in total. The summed E-state index contributed by atoms with van der Waals surface area (Å²) in [5.74, 6) is 1.08. The molecule has 1 aromatic heterocycles. The average molecular weight is 330 g/mol. The first-order valence-electron chi connectivity index (χ1n) is 5.07. The van der Waals surface area contributed by atoms with Crippen LogP contribution >= 0.6 is 27.5 Å². The van der Waals surface area contributed by atoms with Gasteiger partial charge in [0.05, 0.1) is 0 Å². The van der Waals surface area contributed by atoms with E-state index in [0.717, 1.165) is 4.47 Å². The molecule has 7 heteroatoms. The predicted octanol–water partition coefficient (Wildman–Crippen LogP) is 3.15. The van der Waals surface area contributed by atoms with Crippen molar-refractivity contribution in [3.05, 3.63) is 34.0 Å². The Balaban J connectivity index is 2.26. The monoisotopic (exact) mass is 328 g/mol. The van der Waals surface area contributed by atoms with Gasteiger partial charge in [-0.25, -0.2) is 0 Å². The number of hydrogen-bond donors (Lipinski definition) is 0. The molecule has 0 atom stereocenters. The summed E-state index contributed by atoms with van der Waals surface area (Å²) in [5.41, 5.74) is 0. The molecule has 2 rings (SSSR count). The molecule has 0 saturated carbocycles. The Kier molecular flexibility index (Phi) is 3.98. The number of ether oxygens (including phenoxy) is 1. The molecular formula is C11H10BrClN4O. The highest BCUT2D eigenvalue weighted by Crippen LogP contribution is 2.22. The van der Waals surface area contributed by atoms with Crippen LogP contribution in [0, 0.1) is 0 Å². The first kappa shape index (κ1) is 13.0. The van der Waals surface area contributed by atoms with Crippen molar-refractivity contribution >= 4 is 33.5 Å². The fourth-order valence-corrected chi connectivity index (χ4v) is 1.59. The van der Waals surface area contributed by atoms with E-state index in [0.29, 0.717) is 11.7 Å². The highest BCUT2D eigenvalue weighted by atomic mass is 79.9. The number of anilines is 1. The lowest BCUT2D eigenvalue weighted by atomic mass is 10.3. The van der Waals surface area contributed by atoms with Crippen LogP contribution < -0.4 is 9.64 Å². The van der Waals surface area contributed by atoms with E-state index in [4.69, 9.17) is 16.3 Å². The van der Waals surface area contributed by atoms with Crippen molar-refractivity contribution in [3.63, 3.8) is 0 Å². The van der Waals surface area contributed by atoms with Gasteiger partial charge in [-0.3, -0.25) is 0 Å². The summed E-state index contributed by atoms with van der Waals surface area (Å²) in [5, 5.41) is 0.0980. The third-order valence-electron chi connectivity index (χ3n) is 2.00. The van der Waals surface area contributed by atoms with Crippen LogP contribution in [0.25, 0.3) is 0 Å². The van der Waals surface area contributed by atoms with Gasteiger partial charge in [-0.15, -0.1) is 0 Å². The summed E-state index contributed by atoms with van der Waals surface area (Å²) in [6.07, 6.45) is 0. The molecule has 18 heavy (non-hydrogen) atoms. The lowest BCUT2D eigenvalue weighted by molar-refractivity contribution is 0.439. The molecule has 0 bridgehead atoms. The zero-order valence-electron chi connectivity index (χ0n) is 9.76. The predicted molar refractivity (Wildman–Crippen MR) is 73.4 cm³/mol. The smallest absolute Gasteiger partial charge is 0.328 e. The molecule has 0 unspecified atom stereocenters. The Morgan fingerprint density at radius 3 is 2.39 bits per heavy atom. The van der Waals surface area contributed by atoms with Gasteiger partial charge in [0, 0.05) is 18.6 Å². The molecule has 0 fully saturated rings. The van der Waals surface area contributed by atoms with E-state index in [1.165, 1.54) is 0 Å². The molecule has 0 saturated heterocycles. The van der Waals surface area contributed by atoms with E-state index in [9.17, 15) is 0 Å². The van der Waals surface area contributed by atoms with Crippen molar-refractivity contribution in [1.82, 2.24) is 15.0 Å². The zero-order valence-corrected chi connectivity index (χ0v) is 12.1. The van der Waals surface area contributed by atoms with Crippen LogP contribution in [-0.4, -0.2) is 29.0 Å². The van der Waals surface area contributed by atoms with Crippen molar-refractivity contribution in [1.29, 1.82) is 0 Å². The molecule has 0 spiro atoms. The van der Waals surface area contributed by atoms with Gasteiger partial charge in [0.15, 0.2) is 0 Å². The third kappa shape index (κ3) is 3.30. The van der Waals surface area contributed by atoms with Crippen molar-refractivity contribution in [2.75, 3.05) is 19.0 Å². The Labute approximate surface area is 118 Å². The summed E-state index contributed by atoms with van der Waals surface area (Å²) < 4.78 is 6.48. The van der Waals surface area contributed by atoms with Crippen LogP contribution in [0.4, 0.5) is 5.95 Å². The molecule has 0 radical (unpaired) electrons. The molecule has 1 aromatic carbocycles. The molecule has 0 aliphatic carbocycles. The Hall–Kier alpha value is -1.40. The van der Waals surface area contributed by atoms with Gasteiger partial charge >= 0.3 is 6.01 Å².